The van der Waals surface area contributed by atoms with Gasteiger partial charge in [-0.25, -0.2) is 0 Å². The fourth-order valence-electron chi connectivity index (χ4n) is 3.52. The van der Waals surface area contributed by atoms with E-state index < -0.39 is 7.05 Å². The Morgan fingerprint density at radius 1 is 0.633 bits per heavy atom. The highest BCUT2D eigenvalue weighted by atomic mass is 35.5. The van der Waals surface area contributed by atoms with Crippen molar-refractivity contribution in [3.63, 3.8) is 0 Å². The summed E-state index contributed by atoms with van der Waals surface area (Å²) in [4.78, 5) is 11.9. The van der Waals surface area contributed by atoms with E-state index in [4.69, 9.17) is 16.3 Å². The van der Waals surface area contributed by atoms with Gasteiger partial charge in [-0.05, 0) is 24.3 Å². The van der Waals surface area contributed by atoms with Crippen LogP contribution in [0.4, 0.5) is 5.69 Å². The summed E-state index contributed by atoms with van der Waals surface area (Å²) in [5.74, 6) is -0.107. The molecule has 0 aliphatic carbocycles. The molecule has 148 valence electrons. The molecule has 0 aliphatic rings. The van der Waals surface area contributed by atoms with E-state index in [0.717, 1.165) is 5.69 Å². The number of hydrogen-bond acceptors (Lipinski definition) is 2. The van der Waals surface area contributed by atoms with Crippen molar-refractivity contribution in [1.29, 1.82) is 0 Å². The summed E-state index contributed by atoms with van der Waals surface area (Å²) in [5, 5.41) is 3.55. The molecule has 30 heavy (non-hydrogen) atoms. The third-order valence-electron chi connectivity index (χ3n) is 4.97. The summed E-state index contributed by atoms with van der Waals surface area (Å²) in [7, 11) is -2.31. The van der Waals surface area contributed by atoms with Gasteiger partial charge in [0.25, 0.3) is 0 Å². The molecule has 0 saturated carbocycles. The maximum atomic E-state index is 11.9. The number of hydrogen-bond donors (Lipinski definition) is 0. The number of benzene rings is 4. The standard InChI is InChI=1S/C26H21ClNOP/c27-20-26(29)21-16-18-22(19-17-21)28-30(23-10-4-1-5-11-23,24-12-6-2-7-13-24)25-14-8-3-9-15-25/h1-19H,20H2. The average molecular weight is 430 g/mol. The predicted molar refractivity (Wildman–Crippen MR) is 129 cm³/mol. The zero-order valence-corrected chi connectivity index (χ0v) is 18.0. The molecule has 0 radical (unpaired) electrons. The van der Waals surface area contributed by atoms with Crippen LogP contribution >= 0.6 is 18.7 Å². The van der Waals surface area contributed by atoms with E-state index in [1.165, 1.54) is 15.9 Å². The van der Waals surface area contributed by atoms with Crippen molar-refractivity contribution in [2.75, 3.05) is 5.88 Å². The molecule has 0 amide bonds. The van der Waals surface area contributed by atoms with Gasteiger partial charge in [0.1, 0.15) is 0 Å². The molecule has 4 aromatic carbocycles. The highest BCUT2D eigenvalue weighted by Gasteiger charge is 2.27. The van der Waals surface area contributed by atoms with Crippen LogP contribution < -0.4 is 15.9 Å². The van der Waals surface area contributed by atoms with Crippen molar-refractivity contribution < 1.29 is 4.79 Å². The zero-order chi connectivity index (χ0) is 20.8. The summed E-state index contributed by atoms with van der Waals surface area (Å²) < 4.78 is 5.39. The van der Waals surface area contributed by atoms with Gasteiger partial charge in [0.05, 0.1) is 18.6 Å². The summed E-state index contributed by atoms with van der Waals surface area (Å²) in [5.41, 5.74) is 1.44. The molecule has 0 bridgehead atoms. The van der Waals surface area contributed by atoms with Gasteiger partial charge in [0, 0.05) is 21.5 Å². The van der Waals surface area contributed by atoms with Crippen LogP contribution in [-0.2, 0) is 0 Å². The van der Waals surface area contributed by atoms with Gasteiger partial charge >= 0.3 is 0 Å². The number of rotatable bonds is 6. The van der Waals surface area contributed by atoms with Gasteiger partial charge < -0.3 is 0 Å². The van der Waals surface area contributed by atoms with E-state index in [1.807, 2.05) is 30.3 Å². The van der Waals surface area contributed by atoms with Gasteiger partial charge in [-0.2, -0.15) is 0 Å². The lowest BCUT2D eigenvalue weighted by Crippen LogP contribution is -2.25. The maximum absolute atomic E-state index is 11.9. The molecule has 0 unspecified atom stereocenters. The Labute approximate surface area is 182 Å². The van der Waals surface area contributed by atoms with E-state index >= 15 is 0 Å². The monoisotopic (exact) mass is 429 g/mol. The molecule has 0 atom stereocenters. The largest absolute Gasteiger partial charge is 0.293 e. The van der Waals surface area contributed by atoms with Crippen LogP contribution in [0.1, 0.15) is 10.4 Å². The molecule has 0 aliphatic heterocycles. The lowest BCUT2D eigenvalue weighted by Gasteiger charge is -2.27. The van der Waals surface area contributed by atoms with Crippen LogP contribution in [0.5, 0.6) is 0 Å². The minimum Gasteiger partial charge on any atom is -0.293 e. The Morgan fingerprint density at radius 3 is 1.40 bits per heavy atom. The second kappa shape index (κ2) is 9.26. The molecule has 0 heterocycles. The van der Waals surface area contributed by atoms with Crippen molar-refractivity contribution in [1.82, 2.24) is 0 Å². The maximum Gasteiger partial charge on any atom is 0.177 e. The van der Waals surface area contributed by atoms with Gasteiger partial charge in [-0.1, -0.05) is 91.0 Å². The van der Waals surface area contributed by atoms with Crippen molar-refractivity contribution in [3.05, 3.63) is 121 Å². The lowest BCUT2D eigenvalue weighted by molar-refractivity contribution is 0.102. The van der Waals surface area contributed by atoms with E-state index in [2.05, 4.69) is 72.8 Å². The number of alkyl halides is 1. The molecular weight excluding hydrogens is 409 g/mol. The molecule has 2 nitrogen and oxygen atoms in total. The quantitative estimate of drug-likeness (QED) is 0.212. The van der Waals surface area contributed by atoms with Crippen LogP contribution in [0.3, 0.4) is 0 Å². The Hall–Kier alpha value is -2.93. The minimum atomic E-state index is -2.31. The fraction of sp³-hybridized carbons (Fsp3) is 0.0385. The summed E-state index contributed by atoms with van der Waals surface area (Å²) in [6.45, 7) is 0. The second-order valence-electron chi connectivity index (χ2n) is 6.85. The number of halogens is 1. The number of ketones is 1. The zero-order valence-electron chi connectivity index (χ0n) is 16.4. The Morgan fingerprint density at radius 2 is 1.03 bits per heavy atom. The number of carbonyl (C=O) groups excluding carboxylic acids is 1. The average Bonchev–Trinajstić information content (AvgIpc) is 2.84. The number of nitrogens with zero attached hydrogens (tertiary/aromatic N) is 1. The van der Waals surface area contributed by atoms with Gasteiger partial charge in [-0.15, -0.1) is 11.6 Å². The third-order valence-corrected chi connectivity index (χ3v) is 8.88. The molecule has 0 aromatic heterocycles. The van der Waals surface area contributed by atoms with Gasteiger partial charge in [0.2, 0.25) is 0 Å². The molecule has 0 saturated heterocycles. The first kappa shape index (κ1) is 20.3. The SMILES string of the molecule is O=C(CCl)c1ccc(N=P(c2ccccc2)(c2ccccc2)c2ccccc2)cc1. The van der Waals surface area contributed by atoms with Crippen molar-refractivity contribution in [3.8, 4) is 0 Å². The molecule has 4 aromatic rings. The van der Waals surface area contributed by atoms with Crippen LogP contribution in [0.25, 0.3) is 0 Å². The third kappa shape index (κ3) is 4.03. The second-order valence-corrected chi connectivity index (χ2v) is 10.1. The summed E-state index contributed by atoms with van der Waals surface area (Å²) in [6.07, 6.45) is 0. The Kier molecular flexibility index (Phi) is 6.28. The molecule has 4 heteroatoms. The van der Waals surface area contributed by atoms with Crippen molar-refractivity contribution in [2.24, 2.45) is 4.74 Å². The fourth-order valence-corrected chi connectivity index (χ4v) is 7.20. The van der Waals surface area contributed by atoms with E-state index in [1.54, 1.807) is 12.1 Å². The number of carbonyl (C=O) groups is 1. The van der Waals surface area contributed by atoms with E-state index in [0.29, 0.717) is 5.56 Å². The Bertz CT molecular complexity index is 1070. The Balaban J connectivity index is 2.02. The van der Waals surface area contributed by atoms with Crippen LogP contribution in [0.15, 0.2) is 120 Å². The number of Topliss-reactive ketones (excluding diaryl/α,β-unsaturated/α-hetero) is 1. The molecule has 0 N–H and O–H groups in total. The van der Waals surface area contributed by atoms with Crippen molar-refractivity contribution >= 4 is 46.0 Å². The first-order valence-electron chi connectivity index (χ1n) is 9.72. The molecule has 4 rings (SSSR count). The van der Waals surface area contributed by atoms with E-state index in [9.17, 15) is 4.79 Å². The normalized spacial score (nSPS) is 11.1. The topological polar surface area (TPSA) is 29.4 Å². The highest BCUT2D eigenvalue weighted by Crippen LogP contribution is 2.49. The van der Waals surface area contributed by atoms with Gasteiger partial charge in [-0.3, -0.25) is 9.54 Å². The predicted octanol–water partition coefficient (Wildman–Crippen LogP) is 5.92. The van der Waals surface area contributed by atoms with E-state index in [-0.39, 0.29) is 11.7 Å². The lowest BCUT2D eigenvalue weighted by atomic mass is 10.1. The molecule has 0 fully saturated rings. The highest BCUT2D eigenvalue weighted by molar-refractivity contribution is 7.87. The van der Waals surface area contributed by atoms with Crippen molar-refractivity contribution in [2.45, 2.75) is 0 Å². The van der Waals surface area contributed by atoms with Crippen LogP contribution in [-0.4, -0.2) is 11.7 Å². The summed E-state index contributed by atoms with van der Waals surface area (Å²) in [6, 6.07) is 38.8. The van der Waals surface area contributed by atoms with Crippen LogP contribution in [0, 0.1) is 0 Å². The minimum absolute atomic E-state index is 0.0223. The smallest absolute Gasteiger partial charge is 0.177 e. The molecule has 0 spiro atoms. The summed E-state index contributed by atoms with van der Waals surface area (Å²) >= 11 is 5.71. The first-order chi connectivity index (χ1) is 14.7. The van der Waals surface area contributed by atoms with Gasteiger partial charge in [0.15, 0.2) is 5.78 Å². The molecular formula is C26H21ClNOP. The first-order valence-corrected chi connectivity index (χ1v) is 12.0. The van der Waals surface area contributed by atoms with Crippen LogP contribution in [0.2, 0.25) is 0 Å².